The van der Waals surface area contributed by atoms with Crippen molar-refractivity contribution in [1.29, 1.82) is 0 Å². The van der Waals surface area contributed by atoms with Gasteiger partial charge in [-0.25, -0.2) is 4.39 Å². The Morgan fingerprint density at radius 3 is 2.92 bits per heavy atom. The van der Waals surface area contributed by atoms with Gasteiger partial charge >= 0.3 is 0 Å². The smallest absolute Gasteiger partial charge is 0.253 e. The molecule has 2 heterocycles. The normalized spacial score (nSPS) is 10.5. The molecule has 0 atom stereocenters. The molecule has 0 aliphatic heterocycles. The number of hydrogen-bond donors (Lipinski definition) is 1. The van der Waals surface area contributed by atoms with E-state index in [1.54, 1.807) is 24.4 Å². The molecule has 4 heteroatoms. The first kappa shape index (κ1) is 7.79. The van der Waals surface area contributed by atoms with Crippen LogP contribution in [0.2, 0.25) is 0 Å². The van der Waals surface area contributed by atoms with Crippen LogP contribution in [0.5, 0.6) is 0 Å². The molecule has 0 aliphatic carbocycles. The van der Waals surface area contributed by atoms with Gasteiger partial charge in [0.2, 0.25) is 0 Å². The molecule has 13 heavy (non-hydrogen) atoms. The summed E-state index contributed by atoms with van der Waals surface area (Å²) in [5.74, 6) is -1.33. The summed E-state index contributed by atoms with van der Waals surface area (Å²) in [5, 5.41) is 0. The molecule has 0 aliphatic rings. The fourth-order valence-electron chi connectivity index (χ4n) is 1.33. The quantitative estimate of drug-likeness (QED) is 0.700. The molecule has 0 spiro atoms. The average Bonchev–Trinajstić information content (AvgIpc) is 2.39. The third-order valence-electron chi connectivity index (χ3n) is 1.88. The summed E-state index contributed by atoms with van der Waals surface area (Å²) in [4.78, 5) is 10.9. The van der Waals surface area contributed by atoms with Crippen LogP contribution in [0.15, 0.2) is 30.6 Å². The zero-order valence-corrected chi connectivity index (χ0v) is 6.70. The van der Waals surface area contributed by atoms with Crippen LogP contribution in [0.25, 0.3) is 5.52 Å². The predicted molar refractivity (Wildman–Crippen MR) is 45.9 cm³/mol. The fraction of sp³-hybridized carbons (Fsp3) is 0. The molecular formula is C9H7FN2O. The number of fused-ring (bicyclic) bond motifs is 1. The Kier molecular flexibility index (Phi) is 1.55. The minimum atomic E-state index is -0.744. The molecule has 0 fully saturated rings. The summed E-state index contributed by atoms with van der Waals surface area (Å²) in [6.07, 6.45) is 2.89. The lowest BCUT2D eigenvalue weighted by Gasteiger charge is -1.93. The van der Waals surface area contributed by atoms with Crippen LogP contribution in [0.1, 0.15) is 10.4 Å². The van der Waals surface area contributed by atoms with E-state index in [4.69, 9.17) is 5.73 Å². The highest BCUT2D eigenvalue weighted by molar-refractivity contribution is 6.00. The third-order valence-corrected chi connectivity index (χ3v) is 1.88. The monoisotopic (exact) mass is 178 g/mol. The number of halogens is 1. The van der Waals surface area contributed by atoms with Gasteiger partial charge in [0.05, 0.1) is 5.52 Å². The number of pyridine rings is 1. The molecule has 0 radical (unpaired) electrons. The Hall–Kier alpha value is -1.84. The number of amides is 1. The molecule has 0 saturated heterocycles. The predicted octanol–water partition coefficient (Wildman–Crippen LogP) is 1.18. The second-order valence-corrected chi connectivity index (χ2v) is 2.71. The van der Waals surface area contributed by atoms with Crippen LogP contribution in [-0.4, -0.2) is 10.3 Å². The first-order chi connectivity index (χ1) is 6.20. The summed E-state index contributed by atoms with van der Waals surface area (Å²) in [6, 6.07) is 5.11. The molecule has 0 bridgehead atoms. The van der Waals surface area contributed by atoms with Gasteiger partial charge in [-0.15, -0.1) is 0 Å². The minimum Gasteiger partial charge on any atom is -0.365 e. The number of nitrogens with two attached hydrogens (primary N) is 1. The first-order valence-electron chi connectivity index (χ1n) is 3.75. The summed E-state index contributed by atoms with van der Waals surface area (Å²) in [6.45, 7) is 0. The van der Waals surface area contributed by atoms with E-state index in [1.807, 2.05) is 0 Å². The Morgan fingerprint density at radius 2 is 2.23 bits per heavy atom. The van der Waals surface area contributed by atoms with E-state index in [0.717, 1.165) is 0 Å². The van der Waals surface area contributed by atoms with E-state index in [0.29, 0.717) is 5.52 Å². The van der Waals surface area contributed by atoms with Crippen molar-refractivity contribution >= 4 is 11.4 Å². The van der Waals surface area contributed by atoms with Crippen molar-refractivity contribution in [3.05, 3.63) is 42.0 Å². The zero-order chi connectivity index (χ0) is 9.42. The van der Waals surface area contributed by atoms with Gasteiger partial charge in [0.25, 0.3) is 5.91 Å². The van der Waals surface area contributed by atoms with Crippen LogP contribution in [0, 0.1) is 5.82 Å². The lowest BCUT2D eigenvalue weighted by atomic mass is 10.2. The van der Waals surface area contributed by atoms with Crippen LogP contribution in [-0.2, 0) is 0 Å². The molecule has 2 aromatic rings. The van der Waals surface area contributed by atoms with Crippen LogP contribution >= 0.6 is 0 Å². The number of nitrogens with zero attached hydrogens (tertiary/aromatic N) is 1. The molecule has 2 rings (SSSR count). The van der Waals surface area contributed by atoms with E-state index < -0.39 is 11.7 Å². The standard InChI is InChI=1S/C9H7FN2O/c10-6-5-12-4-2-1-3-7(12)8(6)9(11)13/h1-5H,(H2,11,13). The van der Waals surface area contributed by atoms with Gasteiger partial charge in [-0.2, -0.15) is 0 Å². The Bertz CT molecular complexity index is 475. The van der Waals surface area contributed by atoms with E-state index >= 15 is 0 Å². The Labute approximate surface area is 73.6 Å². The fourth-order valence-corrected chi connectivity index (χ4v) is 1.33. The highest BCUT2D eigenvalue weighted by atomic mass is 19.1. The molecule has 2 aromatic heterocycles. The second-order valence-electron chi connectivity index (χ2n) is 2.71. The molecule has 1 amide bonds. The van der Waals surface area contributed by atoms with Crippen molar-refractivity contribution in [2.45, 2.75) is 0 Å². The Balaban J connectivity index is 2.86. The lowest BCUT2D eigenvalue weighted by molar-refractivity contribution is 0.0998. The molecule has 0 aromatic carbocycles. The maximum Gasteiger partial charge on any atom is 0.253 e. The summed E-state index contributed by atoms with van der Waals surface area (Å²) in [7, 11) is 0. The van der Waals surface area contributed by atoms with Crippen molar-refractivity contribution < 1.29 is 9.18 Å². The van der Waals surface area contributed by atoms with Crippen LogP contribution < -0.4 is 5.73 Å². The van der Waals surface area contributed by atoms with E-state index in [2.05, 4.69) is 0 Å². The summed E-state index contributed by atoms with van der Waals surface area (Å²) >= 11 is 0. The number of carbonyl (C=O) groups is 1. The first-order valence-corrected chi connectivity index (χ1v) is 3.75. The number of carbonyl (C=O) groups excluding carboxylic acids is 1. The number of hydrogen-bond acceptors (Lipinski definition) is 1. The van der Waals surface area contributed by atoms with Gasteiger partial charge in [-0.1, -0.05) is 6.07 Å². The van der Waals surface area contributed by atoms with E-state index in [1.165, 1.54) is 10.6 Å². The van der Waals surface area contributed by atoms with E-state index in [9.17, 15) is 9.18 Å². The summed E-state index contributed by atoms with van der Waals surface area (Å²) < 4.78 is 14.7. The second kappa shape index (κ2) is 2.58. The largest absolute Gasteiger partial charge is 0.365 e. The van der Waals surface area contributed by atoms with Gasteiger partial charge in [-0.05, 0) is 12.1 Å². The van der Waals surface area contributed by atoms with Gasteiger partial charge in [0, 0.05) is 12.4 Å². The molecule has 2 N–H and O–H groups in total. The molecule has 0 unspecified atom stereocenters. The van der Waals surface area contributed by atoms with E-state index in [-0.39, 0.29) is 5.56 Å². The zero-order valence-electron chi connectivity index (χ0n) is 6.70. The number of rotatable bonds is 1. The van der Waals surface area contributed by atoms with Gasteiger partial charge in [0.15, 0.2) is 5.82 Å². The van der Waals surface area contributed by atoms with Crippen LogP contribution in [0.3, 0.4) is 0 Å². The van der Waals surface area contributed by atoms with Crippen LogP contribution in [0.4, 0.5) is 4.39 Å². The van der Waals surface area contributed by atoms with Crippen molar-refractivity contribution in [1.82, 2.24) is 4.40 Å². The number of primary amides is 1. The SMILES string of the molecule is NC(=O)c1c(F)cn2ccccc12. The molecule has 3 nitrogen and oxygen atoms in total. The van der Waals surface area contributed by atoms with Gasteiger partial charge in [0.1, 0.15) is 5.56 Å². The lowest BCUT2D eigenvalue weighted by Crippen LogP contribution is -2.11. The third kappa shape index (κ3) is 1.07. The average molecular weight is 178 g/mol. The van der Waals surface area contributed by atoms with Crippen molar-refractivity contribution in [3.63, 3.8) is 0 Å². The van der Waals surface area contributed by atoms with Gasteiger partial charge < -0.3 is 10.1 Å². The van der Waals surface area contributed by atoms with Gasteiger partial charge in [-0.3, -0.25) is 4.79 Å². The van der Waals surface area contributed by atoms with Crippen molar-refractivity contribution in [2.24, 2.45) is 5.73 Å². The topological polar surface area (TPSA) is 47.5 Å². The summed E-state index contributed by atoms with van der Waals surface area (Å²) in [5.41, 5.74) is 5.47. The Morgan fingerprint density at radius 1 is 1.46 bits per heavy atom. The van der Waals surface area contributed by atoms with Crippen molar-refractivity contribution in [3.8, 4) is 0 Å². The molecular weight excluding hydrogens is 171 g/mol. The van der Waals surface area contributed by atoms with Crippen molar-refractivity contribution in [2.75, 3.05) is 0 Å². The molecule has 66 valence electrons. The maximum atomic E-state index is 13.1. The maximum absolute atomic E-state index is 13.1. The minimum absolute atomic E-state index is 0.0550. The highest BCUT2D eigenvalue weighted by Gasteiger charge is 2.14. The number of aromatic nitrogens is 1. The highest BCUT2D eigenvalue weighted by Crippen LogP contribution is 2.15. The molecule has 0 saturated carbocycles.